The molecule has 0 fully saturated rings. The first-order valence-corrected chi connectivity index (χ1v) is 6.80. The van der Waals surface area contributed by atoms with Crippen LogP contribution in [-0.2, 0) is 0 Å². The van der Waals surface area contributed by atoms with Crippen LogP contribution in [0, 0.1) is 0 Å². The summed E-state index contributed by atoms with van der Waals surface area (Å²) in [7, 11) is 2.09. The van der Waals surface area contributed by atoms with Gasteiger partial charge in [-0.2, -0.15) is 0 Å². The van der Waals surface area contributed by atoms with Crippen molar-refractivity contribution in [1.29, 1.82) is 0 Å². The molecular formula is C15H26N2O. The lowest BCUT2D eigenvalue weighted by Gasteiger charge is -2.22. The summed E-state index contributed by atoms with van der Waals surface area (Å²) in [6, 6.07) is 9.06. The summed E-state index contributed by atoms with van der Waals surface area (Å²) in [4.78, 5) is 2.21. The first-order chi connectivity index (χ1) is 8.62. The van der Waals surface area contributed by atoms with Crippen LogP contribution in [0.2, 0.25) is 0 Å². The summed E-state index contributed by atoms with van der Waals surface area (Å²) >= 11 is 0. The van der Waals surface area contributed by atoms with E-state index in [1.165, 1.54) is 11.3 Å². The lowest BCUT2D eigenvalue weighted by molar-refractivity contribution is 0.230. The Hall–Kier alpha value is -1.06. The molecule has 1 aromatic rings. The standard InChI is InChI=1S/C15H26N2O/c1-5-14(11-18)16-12(3)13-7-9-15(10-8-13)17(4)6-2/h7-10,12,14,16,18H,5-6,11H2,1-4H3. The van der Waals surface area contributed by atoms with Crippen molar-refractivity contribution >= 4 is 5.69 Å². The summed E-state index contributed by atoms with van der Waals surface area (Å²) in [5.74, 6) is 0. The van der Waals surface area contributed by atoms with Gasteiger partial charge in [0.25, 0.3) is 0 Å². The number of anilines is 1. The molecule has 2 unspecified atom stereocenters. The van der Waals surface area contributed by atoms with Gasteiger partial charge in [-0.1, -0.05) is 19.1 Å². The van der Waals surface area contributed by atoms with E-state index >= 15 is 0 Å². The monoisotopic (exact) mass is 250 g/mol. The molecule has 102 valence electrons. The Morgan fingerprint density at radius 2 is 1.83 bits per heavy atom. The average Bonchev–Trinajstić information content (AvgIpc) is 2.43. The zero-order valence-corrected chi connectivity index (χ0v) is 12.0. The number of rotatable bonds is 7. The van der Waals surface area contributed by atoms with Crippen LogP contribution in [0.15, 0.2) is 24.3 Å². The van der Waals surface area contributed by atoms with E-state index in [1.807, 2.05) is 0 Å². The lowest BCUT2D eigenvalue weighted by Crippen LogP contribution is -2.33. The second-order valence-corrected chi connectivity index (χ2v) is 4.78. The van der Waals surface area contributed by atoms with Crippen LogP contribution in [0.5, 0.6) is 0 Å². The first kappa shape index (κ1) is 15.0. The van der Waals surface area contributed by atoms with Crippen LogP contribution >= 0.6 is 0 Å². The highest BCUT2D eigenvalue weighted by Crippen LogP contribution is 2.18. The minimum absolute atomic E-state index is 0.179. The molecule has 2 atom stereocenters. The van der Waals surface area contributed by atoms with Crippen LogP contribution in [0.4, 0.5) is 5.69 Å². The average molecular weight is 250 g/mol. The maximum atomic E-state index is 9.20. The fourth-order valence-electron chi connectivity index (χ4n) is 1.95. The number of nitrogens with zero attached hydrogens (tertiary/aromatic N) is 1. The molecule has 3 heteroatoms. The number of hydrogen-bond acceptors (Lipinski definition) is 3. The maximum absolute atomic E-state index is 9.20. The van der Waals surface area contributed by atoms with Gasteiger partial charge in [0.15, 0.2) is 0 Å². The van der Waals surface area contributed by atoms with Gasteiger partial charge in [-0.3, -0.25) is 0 Å². The number of benzene rings is 1. The molecule has 0 spiro atoms. The summed E-state index contributed by atoms with van der Waals surface area (Å²) < 4.78 is 0. The van der Waals surface area contributed by atoms with E-state index in [2.05, 4.69) is 62.3 Å². The summed E-state index contributed by atoms with van der Waals surface area (Å²) in [6.45, 7) is 7.56. The molecule has 0 aliphatic carbocycles. The third kappa shape index (κ3) is 4.00. The van der Waals surface area contributed by atoms with Gasteiger partial charge >= 0.3 is 0 Å². The van der Waals surface area contributed by atoms with E-state index in [1.54, 1.807) is 0 Å². The molecule has 0 heterocycles. The van der Waals surface area contributed by atoms with Crippen molar-refractivity contribution in [2.45, 2.75) is 39.3 Å². The molecule has 0 radical (unpaired) electrons. The fourth-order valence-corrected chi connectivity index (χ4v) is 1.95. The van der Waals surface area contributed by atoms with Gasteiger partial charge in [0, 0.05) is 31.4 Å². The van der Waals surface area contributed by atoms with Crippen LogP contribution in [-0.4, -0.2) is 31.3 Å². The van der Waals surface area contributed by atoms with Crippen molar-refractivity contribution in [3.05, 3.63) is 29.8 Å². The first-order valence-electron chi connectivity index (χ1n) is 6.80. The Balaban J connectivity index is 2.66. The van der Waals surface area contributed by atoms with Crippen molar-refractivity contribution in [1.82, 2.24) is 5.32 Å². The Labute approximate surface area is 111 Å². The quantitative estimate of drug-likeness (QED) is 0.780. The van der Waals surface area contributed by atoms with E-state index in [4.69, 9.17) is 0 Å². The van der Waals surface area contributed by atoms with Gasteiger partial charge in [-0.25, -0.2) is 0 Å². The third-order valence-electron chi connectivity index (χ3n) is 3.51. The molecule has 0 aliphatic rings. The molecule has 0 bridgehead atoms. The molecule has 0 saturated heterocycles. The summed E-state index contributed by atoms with van der Waals surface area (Å²) in [5.41, 5.74) is 2.50. The molecule has 0 aliphatic heterocycles. The van der Waals surface area contributed by atoms with Crippen molar-refractivity contribution in [2.75, 3.05) is 25.1 Å². The predicted molar refractivity (Wildman–Crippen MR) is 78.1 cm³/mol. The van der Waals surface area contributed by atoms with E-state index in [9.17, 15) is 5.11 Å². The summed E-state index contributed by atoms with van der Waals surface area (Å²) in [6.07, 6.45) is 0.942. The van der Waals surface area contributed by atoms with Crippen LogP contribution in [0.1, 0.15) is 38.8 Å². The summed E-state index contributed by atoms with van der Waals surface area (Å²) in [5, 5.41) is 12.6. The van der Waals surface area contributed by atoms with Crippen molar-refractivity contribution < 1.29 is 5.11 Å². The van der Waals surface area contributed by atoms with Crippen molar-refractivity contribution in [2.24, 2.45) is 0 Å². The highest BCUT2D eigenvalue weighted by atomic mass is 16.3. The van der Waals surface area contributed by atoms with Gasteiger partial charge in [-0.15, -0.1) is 0 Å². The number of aliphatic hydroxyl groups excluding tert-OH is 1. The molecular weight excluding hydrogens is 224 g/mol. The molecule has 1 rings (SSSR count). The minimum Gasteiger partial charge on any atom is -0.395 e. The smallest absolute Gasteiger partial charge is 0.0584 e. The second kappa shape index (κ2) is 7.39. The Morgan fingerprint density at radius 3 is 2.28 bits per heavy atom. The second-order valence-electron chi connectivity index (χ2n) is 4.78. The molecule has 0 amide bonds. The zero-order chi connectivity index (χ0) is 13.5. The van der Waals surface area contributed by atoms with Gasteiger partial charge in [0.2, 0.25) is 0 Å². The highest BCUT2D eigenvalue weighted by Gasteiger charge is 2.11. The van der Waals surface area contributed by atoms with E-state index < -0.39 is 0 Å². The maximum Gasteiger partial charge on any atom is 0.0584 e. The Bertz CT molecular complexity index is 333. The van der Waals surface area contributed by atoms with Crippen LogP contribution in [0.3, 0.4) is 0 Å². The van der Waals surface area contributed by atoms with Crippen LogP contribution in [0.25, 0.3) is 0 Å². The number of hydrogen-bond donors (Lipinski definition) is 2. The lowest BCUT2D eigenvalue weighted by atomic mass is 10.1. The SMILES string of the molecule is CCC(CO)NC(C)c1ccc(N(C)CC)cc1. The van der Waals surface area contributed by atoms with Gasteiger partial charge in [-0.05, 0) is 38.0 Å². The topological polar surface area (TPSA) is 35.5 Å². The Morgan fingerprint density at radius 1 is 1.22 bits per heavy atom. The van der Waals surface area contributed by atoms with E-state index in [-0.39, 0.29) is 18.7 Å². The molecule has 2 N–H and O–H groups in total. The van der Waals surface area contributed by atoms with Gasteiger partial charge < -0.3 is 15.3 Å². The predicted octanol–water partition coefficient (Wildman–Crippen LogP) is 2.56. The molecule has 1 aromatic carbocycles. The number of nitrogens with one attached hydrogen (secondary N) is 1. The molecule has 0 aromatic heterocycles. The van der Waals surface area contributed by atoms with Crippen LogP contribution < -0.4 is 10.2 Å². The minimum atomic E-state index is 0.179. The van der Waals surface area contributed by atoms with E-state index in [0.29, 0.717) is 0 Å². The zero-order valence-electron chi connectivity index (χ0n) is 12.0. The van der Waals surface area contributed by atoms with E-state index in [0.717, 1.165) is 13.0 Å². The molecule has 18 heavy (non-hydrogen) atoms. The molecule has 3 nitrogen and oxygen atoms in total. The largest absolute Gasteiger partial charge is 0.395 e. The van der Waals surface area contributed by atoms with Gasteiger partial charge in [0.05, 0.1) is 6.61 Å². The van der Waals surface area contributed by atoms with Gasteiger partial charge in [0.1, 0.15) is 0 Å². The Kier molecular flexibility index (Phi) is 6.16. The normalized spacial score (nSPS) is 14.3. The van der Waals surface area contributed by atoms with Crippen molar-refractivity contribution in [3.63, 3.8) is 0 Å². The van der Waals surface area contributed by atoms with Crippen molar-refractivity contribution in [3.8, 4) is 0 Å². The fraction of sp³-hybridized carbons (Fsp3) is 0.600. The third-order valence-corrected chi connectivity index (χ3v) is 3.51. The highest BCUT2D eigenvalue weighted by molar-refractivity contribution is 5.47. The molecule has 0 saturated carbocycles. The number of aliphatic hydroxyl groups is 1.